The molecule has 0 aliphatic rings. The van der Waals surface area contributed by atoms with Gasteiger partial charge in [0, 0.05) is 12.1 Å². The van der Waals surface area contributed by atoms with Crippen molar-refractivity contribution in [3.05, 3.63) is 12.3 Å². The van der Waals surface area contributed by atoms with Crippen LogP contribution in [0.1, 0.15) is 40.2 Å². The molecule has 1 aromatic rings. The topological polar surface area (TPSA) is 72.9 Å². The van der Waals surface area contributed by atoms with Crippen LogP contribution in [-0.2, 0) is 4.79 Å². The maximum absolute atomic E-state index is 11.9. The Morgan fingerprint density at radius 1 is 1.53 bits per heavy atom. The van der Waals surface area contributed by atoms with Gasteiger partial charge in [0.15, 0.2) is 0 Å². The smallest absolute Gasteiger partial charge is 0.242 e. The van der Waals surface area contributed by atoms with E-state index in [9.17, 15) is 4.79 Å². The molecule has 3 N–H and O–H groups in total. The molecule has 1 heterocycles. The van der Waals surface area contributed by atoms with Crippen molar-refractivity contribution in [3.63, 3.8) is 0 Å². The maximum atomic E-state index is 11.9. The number of hydrogen-bond acceptors (Lipinski definition) is 3. The van der Waals surface area contributed by atoms with Gasteiger partial charge < -0.3 is 11.1 Å². The van der Waals surface area contributed by atoms with Crippen molar-refractivity contribution in [2.24, 2.45) is 11.7 Å². The third-order valence-electron chi connectivity index (χ3n) is 2.97. The second-order valence-corrected chi connectivity index (χ2v) is 4.66. The molecule has 0 radical (unpaired) electrons. The molecule has 1 aromatic heterocycles. The summed E-state index contributed by atoms with van der Waals surface area (Å²) >= 11 is 0. The van der Waals surface area contributed by atoms with Gasteiger partial charge in [-0.1, -0.05) is 20.3 Å². The number of aromatic nitrogens is 2. The van der Waals surface area contributed by atoms with E-state index in [1.54, 1.807) is 16.9 Å². The van der Waals surface area contributed by atoms with Crippen LogP contribution in [0.5, 0.6) is 0 Å². The van der Waals surface area contributed by atoms with E-state index in [4.69, 9.17) is 5.73 Å². The lowest BCUT2D eigenvalue weighted by Crippen LogP contribution is -2.41. The highest BCUT2D eigenvalue weighted by molar-refractivity contribution is 5.94. The van der Waals surface area contributed by atoms with Crippen molar-refractivity contribution >= 4 is 11.7 Å². The van der Waals surface area contributed by atoms with Crippen molar-refractivity contribution in [1.82, 2.24) is 9.78 Å². The molecule has 5 heteroatoms. The number of amides is 1. The number of nitrogens with two attached hydrogens (primary N) is 1. The molecule has 0 saturated carbocycles. The van der Waals surface area contributed by atoms with Crippen LogP contribution >= 0.6 is 0 Å². The van der Waals surface area contributed by atoms with E-state index in [1.807, 2.05) is 27.7 Å². The molecule has 96 valence electrons. The fraction of sp³-hybridized carbons (Fsp3) is 0.667. The molecule has 0 aliphatic heterocycles. The zero-order valence-electron chi connectivity index (χ0n) is 11.0. The molecule has 0 aliphatic carbocycles. The number of rotatable bonds is 5. The molecule has 1 unspecified atom stereocenters. The Balaban J connectivity index is 2.71. The van der Waals surface area contributed by atoms with Crippen molar-refractivity contribution in [2.75, 3.05) is 5.32 Å². The molecule has 2 atom stereocenters. The number of nitrogens with one attached hydrogen (secondary N) is 1. The molecule has 5 nitrogen and oxygen atoms in total. The van der Waals surface area contributed by atoms with Gasteiger partial charge in [-0.05, 0) is 19.8 Å². The molecule has 0 bridgehead atoms. The molecule has 0 fully saturated rings. The van der Waals surface area contributed by atoms with Crippen LogP contribution in [0.25, 0.3) is 0 Å². The molecule has 17 heavy (non-hydrogen) atoms. The van der Waals surface area contributed by atoms with Gasteiger partial charge >= 0.3 is 0 Å². The molecule has 0 saturated heterocycles. The lowest BCUT2D eigenvalue weighted by atomic mass is 9.99. The first-order valence-corrected chi connectivity index (χ1v) is 6.07. The summed E-state index contributed by atoms with van der Waals surface area (Å²) in [5.41, 5.74) is 5.87. The number of hydrogen-bond donors (Lipinski definition) is 2. The van der Waals surface area contributed by atoms with Crippen LogP contribution in [-0.4, -0.2) is 21.7 Å². The van der Waals surface area contributed by atoms with Gasteiger partial charge in [-0.2, -0.15) is 5.10 Å². The molecule has 0 aromatic carbocycles. The second kappa shape index (κ2) is 5.82. The molecule has 1 amide bonds. The Labute approximate surface area is 102 Å². The first-order chi connectivity index (χ1) is 7.97. The third-order valence-corrected chi connectivity index (χ3v) is 2.97. The minimum atomic E-state index is -0.476. The van der Waals surface area contributed by atoms with Crippen molar-refractivity contribution in [3.8, 4) is 0 Å². The van der Waals surface area contributed by atoms with Crippen LogP contribution in [0.2, 0.25) is 0 Å². The summed E-state index contributed by atoms with van der Waals surface area (Å²) in [6.07, 6.45) is 2.56. The lowest BCUT2D eigenvalue weighted by molar-refractivity contribution is -0.118. The Kier molecular flexibility index (Phi) is 4.69. The van der Waals surface area contributed by atoms with Crippen LogP contribution in [0, 0.1) is 5.92 Å². The first kappa shape index (κ1) is 13.7. The fourth-order valence-corrected chi connectivity index (χ4v) is 1.55. The van der Waals surface area contributed by atoms with E-state index in [2.05, 4.69) is 10.4 Å². The van der Waals surface area contributed by atoms with Gasteiger partial charge in [0.1, 0.15) is 5.82 Å². The monoisotopic (exact) mass is 238 g/mol. The van der Waals surface area contributed by atoms with Crippen LogP contribution in [0.4, 0.5) is 5.82 Å². The van der Waals surface area contributed by atoms with E-state index >= 15 is 0 Å². The second-order valence-electron chi connectivity index (χ2n) is 4.66. The Bertz CT molecular complexity index is 372. The minimum Gasteiger partial charge on any atom is -0.320 e. The Morgan fingerprint density at radius 2 is 2.18 bits per heavy atom. The number of carbonyl (C=O) groups excluding carboxylic acids is 1. The highest BCUT2D eigenvalue weighted by Crippen LogP contribution is 2.14. The van der Waals surface area contributed by atoms with Gasteiger partial charge in [0.25, 0.3) is 0 Å². The largest absolute Gasteiger partial charge is 0.320 e. The highest BCUT2D eigenvalue weighted by atomic mass is 16.2. The van der Waals surface area contributed by atoms with Gasteiger partial charge in [-0.3, -0.25) is 4.79 Å². The highest BCUT2D eigenvalue weighted by Gasteiger charge is 2.20. The number of nitrogens with zero attached hydrogens (tertiary/aromatic N) is 2. The van der Waals surface area contributed by atoms with Crippen molar-refractivity contribution in [2.45, 2.75) is 46.2 Å². The van der Waals surface area contributed by atoms with E-state index in [0.717, 1.165) is 6.42 Å². The normalized spacial score (nSPS) is 14.7. The Hall–Kier alpha value is -1.36. The summed E-state index contributed by atoms with van der Waals surface area (Å²) in [7, 11) is 0. The average Bonchev–Trinajstić information content (AvgIpc) is 2.75. The zero-order valence-corrected chi connectivity index (χ0v) is 11.0. The van der Waals surface area contributed by atoms with Crippen LogP contribution in [0.15, 0.2) is 12.3 Å². The summed E-state index contributed by atoms with van der Waals surface area (Å²) in [4.78, 5) is 11.9. The van der Waals surface area contributed by atoms with Crippen molar-refractivity contribution < 1.29 is 4.79 Å². The van der Waals surface area contributed by atoms with E-state index in [-0.39, 0.29) is 17.9 Å². The Morgan fingerprint density at radius 3 is 2.71 bits per heavy atom. The molecular formula is C12H22N4O. The summed E-state index contributed by atoms with van der Waals surface area (Å²) in [5, 5.41) is 6.98. The van der Waals surface area contributed by atoms with Crippen molar-refractivity contribution in [1.29, 1.82) is 0 Å². The van der Waals surface area contributed by atoms with Crippen LogP contribution < -0.4 is 11.1 Å². The fourth-order valence-electron chi connectivity index (χ4n) is 1.55. The molecular weight excluding hydrogens is 216 g/mol. The number of anilines is 1. The van der Waals surface area contributed by atoms with Crippen LogP contribution in [0.3, 0.4) is 0 Å². The quantitative estimate of drug-likeness (QED) is 0.821. The third kappa shape index (κ3) is 3.30. The van der Waals surface area contributed by atoms with Gasteiger partial charge in [0.2, 0.25) is 5.91 Å². The van der Waals surface area contributed by atoms with Gasteiger partial charge in [-0.25, -0.2) is 4.68 Å². The standard InChI is InChI=1S/C12H22N4O/c1-5-9(4)11(13)12(17)15-10-6-7-14-16(10)8(2)3/h6-9,11H,5,13H2,1-4H3,(H,15,17)/t9?,11-/m0/s1. The van der Waals surface area contributed by atoms with Gasteiger partial charge in [-0.15, -0.1) is 0 Å². The van der Waals surface area contributed by atoms with E-state index < -0.39 is 6.04 Å². The van der Waals surface area contributed by atoms with E-state index in [1.165, 1.54) is 0 Å². The molecule has 1 rings (SSSR count). The molecule has 0 spiro atoms. The van der Waals surface area contributed by atoms with E-state index in [0.29, 0.717) is 5.82 Å². The zero-order chi connectivity index (χ0) is 13.0. The van der Waals surface area contributed by atoms with Gasteiger partial charge in [0.05, 0.1) is 12.2 Å². The summed E-state index contributed by atoms with van der Waals surface area (Å²) < 4.78 is 1.77. The average molecular weight is 238 g/mol. The number of carbonyl (C=O) groups is 1. The summed E-state index contributed by atoms with van der Waals surface area (Å²) in [6, 6.07) is 1.51. The first-order valence-electron chi connectivity index (χ1n) is 6.07. The predicted molar refractivity (Wildman–Crippen MR) is 68.7 cm³/mol. The maximum Gasteiger partial charge on any atom is 0.242 e. The summed E-state index contributed by atoms with van der Waals surface area (Å²) in [6.45, 7) is 8.02. The minimum absolute atomic E-state index is 0.151. The summed E-state index contributed by atoms with van der Waals surface area (Å²) in [5.74, 6) is 0.718. The SMILES string of the molecule is CCC(C)[C@H](N)C(=O)Nc1ccnn1C(C)C. The predicted octanol–water partition coefficient (Wildman–Crippen LogP) is 1.78. The lowest BCUT2D eigenvalue weighted by Gasteiger charge is -2.18.